The van der Waals surface area contributed by atoms with Gasteiger partial charge >= 0.3 is 0 Å². The predicted molar refractivity (Wildman–Crippen MR) is 89.8 cm³/mol. The van der Waals surface area contributed by atoms with Crippen molar-refractivity contribution in [2.45, 2.75) is 46.0 Å². The normalized spacial score (nSPS) is 25.7. The summed E-state index contributed by atoms with van der Waals surface area (Å²) in [7, 11) is 1.76. The fourth-order valence-corrected chi connectivity index (χ4v) is 3.45. The van der Waals surface area contributed by atoms with Crippen molar-refractivity contribution < 1.29 is 4.74 Å². The number of hydrogen-bond donors (Lipinski definition) is 1. The number of nitrogens with one attached hydrogen (secondary N) is 1. The van der Waals surface area contributed by atoms with E-state index < -0.39 is 0 Å². The molecule has 2 heteroatoms. The zero-order valence-corrected chi connectivity index (χ0v) is 14.3. The minimum absolute atomic E-state index is 0.317. The fraction of sp³-hybridized carbons (Fsp3) is 0.684. The lowest BCUT2D eigenvalue weighted by Gasteiger charge is -2.53. The van der Waals surface area contributed by atoms with Gasteiger partial charge in [0.1, 0.15) is 0 Å². The number of aryl methyl sites for hydroxylation is 1. The monoisotopic (exact) mass is 289 g/mol. The zero-order chi connectivity index (χ0) is 15.5. The van der Waals surface area contributed by atoms with Gasteiger partial charge in [0.2, 0.25) is 0 Å². The van der Waals surface area contributed by atoms with E-state index in [1.807, 2.05) is 0 Å². The smallest absolute Gasteiger partial charge is 0.0587 e. The number of rotatable bonds is 6. The van der Waals surface area contributed by atoms with Gasteiger partial charge in [0.15, 0.2) is 0 Å². The van der Waals surface area contributed by atoms with E-state index >= 15 is 0 Å². The third-order valence-corrected chi connectivity index (χ3v) is 5.08. The molecular formula is C19H31NO. The van der Waals surface area contributed by atoms with Crippen molar-refractivity contribution in [2.75, 3.05) is 26.8 Å². The molecule has 0 bridgehead atoms. The van der Waals surface area contributed by atoms with Crippen LogP contribution in [0, 0.1) is 18.3 Å². The summed E-state index contributed by atoms with van der Waals surface area (Å²) in [6, 6.07) is 9.07. The Morgan fingerprint density at radius 3 is 2.57 bits per heavy atom. The molecule has 0 saturated heterocycles. The van der Waals surface area contributed by atoms with E-state index in [0.29, 0.717) is 10.8 Å². The van der Waals surface area contributed by atoms with E-state index in [0.717, 1.165) is 25.6 Å². The van der Waals surface area contributed by atoms with Crippen LogP contribution in [-0.4, -0.2) is 26.8 Å². The molecule has 1 fully saturated rings. The van der Waals surface area contributed by atoms with Crippen LogP contribution in [0.5, 0.6) is 0 Å². The minimum Gasteiger partial charge on any atom is -0.383 e. The molecule has 0 aromatic heterocycles. The Balaban J connectivity index is 2.09. The summed E-state index contributed by atoms with van der Waals surface area (Å²) in [5.41, 5.74) is 3.60. The summed E-state index contributed by atoms with van der Waals surface area (Å²) in [5.74, 6) is 0.822. The molecule has 1 aromatic rings. The summed E-state index contributed by atoms with van der Waals surface area (Å²) in [6.07, 6.45) is 2.58. The third-order valence-electron chi connectivity index (χ3n) is 5.08. The molecule has 2 rings (SSSR count). The SMILES string of the molecule is COCCNCC1(c2cccc(C)c2)CC(C(C)(C)C)C1. The third kappa shape index (κ3) is 3.87. The van der Waals surface area contributed by atoms with Crippen LogP contribution in [0.1, 0.15) is 44.7 Å². The highest BCUT2D eigenvalue weighted by Gasteiger charge is 2.48. The fourth-order valence-electron chi connectivity index (χ4n) is 3.45. The Morgan fingerprint density at radius 2 is 2.00 bits per heavy atom. The first-order chi connectivity index (χ1) is 9.87. The van der Waals surface area contributed by atoms with E-state index in [4.69, 9.17) is 4.74 Å². The first-order valence-electron chi connectivity index (χ1n) is 8.14. The molecule has 0 aliphatic heterocycles. The second kappa shape index (κ2) is 6.50. The second-order valence-electron chi connectivity index (χ2n) is 7.79. The topological polar surface area (TPSA) is 21.3 Å². The molecule has 0 radical (unpaired) electrons. The van der Waals surface area contributed by atoms with E-state index in [1.165, 1.54) is 24.0 Å². The Labute approximate surface area is 130 Å². The molecule has 2 nitrogen and oxygen atoms in total. The highest BCUT2D eigenvalue weighted by Crippen LogP contribution is 2.54. The van der Waals surface area contributed by atoms with Gasteiger partial charge in [0.05, 0.1) is 6.61 Å². The molecule has 0 atom stereocenters. The molecule has 1 N–H and O–H groups in total. The van der Waals surface area contributed by atoms with Crippen LogP contribution in [0.25, 0.3) is 0 Å². The zero-order valence-electron chi connectivity index (χ0n) is 14.3. The molecule has 0 spiro atoms. The minimum atomic E-state index is 0.317. The maximum absolute atomic E-state index is 5.15. The predicted octanol–water partition coefficient (Wildman–Crippen LogP) is 3.92. The molecule has 0 amide bonds. The summed E-state index contributed by atoms with van der Waals surface area (Å²) in [6.45, 7) is 12.1. The molecule has 0 unspecified atom stereocenters. The molecule has 0 heterocycles. The van der Waals surface area contributed by atoms with Crippen LogP contribution < -0.4 is 5.32 Å². The number of benzene rings is 1. The molecule has 118 valence electrons. The summed E-state index contributed by atoms with van der Waals surface area (Å²) in [5, 5.41) is 3.59. The number of ether oxygens (including phenoxy) is 1. The van der Waals surface area contributed by atoms with E-state index in [9.17, 15) is 0 Å². The lowest BCUT2D eigenvalue weighted by atomic mass is 9.52. The van der Waals surface area contributed by atoms with Crippen molar-refractivity contribution in [3.05, 3.63) is 35.4 Å². The van der Waals surface area contributed by atoms with Gasteiger partial charge in [-0.1, -0.05) is 50.6 Å². The van der Waals surface area contributed by atoms with Gasteiger partial charge in [-0.05, 0) is 36.7 Å². The number of hydrogen-bond acceptors (Lipinski definition) is 2. The Morgan fingerprint density at radius 1 is 1.29 bits per heavy atom. The second-order valence-corrected chi connectivity index (χ2v) is 7.79. The summed E-state index contributed by atoms with van der Waals surface area (Å²) in [4.78, 5) is 0. The maximum atomic E-state index is 5.15. The van der Waals surface area contributed by atoms with Gasteiger partial charge in [-0.2, -0.15) is 0 Å². The Kier molecular flexibility index (Phi) is 5.11. The Bertz CT molecular complexity index is 455. The van der Waals surface area contributed by atoms with Crippen molar-refractivity contribution in [3.8, 4) is 0 Å². The lowest BCUT2D eigenvalue weighted by Crippen LogP contribution is -2.52. The first-order valence-corrected chi connectivity index (χ1v) is 8.14. The molecule has 1 saturated carbocycles. The van der Waals surface area contributed by atoms with Gasteiger partial charge in [-0.25, -0.2) is 0 Å². The van der Waals surface area contributed by atoms with Crippen LogP contribution >= 0.6 is 0 Å². The highest BCUT2D eigenvalue weighted by molar-refractivity contribution is 5.33. The van der Waals surface area contributed by atoms with Crippen molar-refractivity contribution in [1.82, 2.24) is 5.32 Å². The molecule has 1 aromatic carbocycles. The van der Waals surface area contributed by atoms with Crippen molar-refractivity contribution in [3.63, 3.8) is 0 Å². The van der Waals surface area contributed by atoms with Crippen LogP contribution in [0.3, 0.4) is 0 Å². The van der Waals surface area contributed by atoms with Crippen LogP contribution in [0.15, 0.2) is 24.3 Å². The summed E-state index contributed by atoms with van der Waals surface area (Å²) < 4.78 is 5.15. The number of methoxy groups -OCH3 is 1. The highest BCUT2D eigenvalue weighted by atomic mass is 16.5. The van der Waals surface area contributed by atoms with Crippen molar-refractivity contribution in [1.29, 1.82) is 0 Å². The maximum Gasteiger partial charge on any atom is 0.0587 e. The van der Waals surface area contributed by atoms with Crippen LogP contribution in [0.2, 0.25) is 0 Å². The largest absolute Gasteiger partial charge is 0.383 e. The average molecular weight is 289 g/mol. The van der Waals surface area contributed by atoms with Gasteiger partial charge < -0.3 is 10.1 Å². The standard InChI is InChI=1S/C19H31NO/c1-15-7-6-8-16(11-15)19(14-20-9-10-21-5)12-17(13-19)18(2,3)4/h6-8,11,17,20H,9-10,12-14H2,1-5H3. The van der Waals surface area contributed by atoms with Crippen molar-refractivity contribution >= 4 is 0 Å². The molecular weight excluding hydrogens is 258 g/mol. The summed E-state index contributed by atoms with van der Waals surface area (Å²) >= 11 is 0. The lowest BCUT2D eigenvalue weighted by molar-refractivity contribution is 0.0438. The van der Waals surface area contributed by atoms with Crippen LogP contribution in [0.4, 0.5) is 0 Å². The van der Waals surface area contributed by atoms with Gasteiger partial charge in [-0.15, -0.1) is 0 Å². The molecule has 21 heavy (non-hydrogen) atoms. The van der Waals surface area contributed by atoms with E-state index in [1.54, 1.807) is 7.11 Å². The first kappa shape index (κ1) is 16.5. The van der Waals surface area contributed by atoms with Gasteiger partial charge in [0, 0.05) is 25.6 Å². The van der Waals surface area contributed by atoms with E-state index in [2.05, 4.69) is 57.3 Å². The van der Waals surface area contributed by atoms with E-state index in [-0.39, 0.29) is 0 Å². The molecule has 1 aliphatic carbocycles. The average Bonchev–Trinajstić information content (AvgIpc) is 2.35. The van der Waals surface area contributed by atoms with Gasteiger partial charge in [-0.3, -0.25) is 0 Å². The van der Waals surface area contributed by atoms with Crippen molar-refractivity contribution in [2.24, 2.45) is 11.3 Å². The Hall–Kier alpha value is -0.860. The molecule has 1 aliphatic rings. The quantitative estimate of drug-likeness (QED) is 0.801. The van der Waals surface area contributed by atoms with Crippen LogP contribution in [-0.2, 0) is 10.2 Å². The van der Waals surface area contributed by atoms with Gasteiger partial charge in [0.25, 0.3) is 0 Å².